The molecule has 2 aromatic rings. The second kappa shape index (κ2) is 13.5. The third-order valence-electron chi connectivity index (χ3n) is 5.22. The number of nitrogens with one attached hydrogen (secondary N) is 1. The van der Waals surface area contributed by atoms with Crippen molar-refractivity contribution in [3.63, 3.8) is 0 Å². The number of benzene rings is 2. The van der Waals surface area contributed by atoms with Crippen molar-refractivity contribution in [1.29, 1.82) is 0 Å². The molecular weight excluding hydrogens is 423 g/mol. The Bertz CT molecular complexity index is 902. The van der Waals surface area contributed by atoms with Gasteiger partial charge in [0.1, 0.15) is 11.9 Å². The highest BCUT2D eigenvalue weighted by atomic mass is 19.1. The van der Waals surface area contributed by atoms with Crippen LogP contribution in [0.15, 0.2) is 42.5 Å². The summed E-state index contributed by atoms with van der Waals surface area (Å²) in [7, 11) is 0. The summed E-state index contributed by atoms with van der Waals surface area (Å²) < 4.78 is 24.6. The Kier molecular flexibility index (Phi) is 10.7. The number of ether oxygens (including phenoxy) is 2. The molecule has 33 heavy (non-hydrogen) atoms. The van der Waals surface area contributed by atoms with Gasteiger partial charge in [-0.05, 0) is 69.0 Å². The first kappa shape index (κ1) is 26.2. The first-order valence-corrected chi connectivity index (χ1v) is 11.6. The summed E-state index contributed by atoms with van der Waals surface area (Å²) in [5.74, 6) is 0.636. The van der Waals surface area contributed by atoms with Gasteiger partial charge >= 0.3 is 0 Å². The normalized spacial score (nSPS) is 11.5. The highest BCUT2D eigenvalue weighted by Crippen LogP contribution is 2.29. The fraction of sp³-hybridized carbons (Fsp3) is 0.462. The molecule has 1 unspecified atom stereocenters. The monoisotopic (exact) mass is 458 g/mol. The highest BCUT2D eigenvalue weighted by Gasteiger charge is 2.25. The van der Waals surface area contributed by atoms with E-state index in [4.69, 9.17) is 9.47 Å². The van der Waals surface area contributed by atoms with Gasteiger partial charge in [0.15, 0.2) is 11.5 Å². The van der Waals surface area contributed by atoms with Crippen LogP contribution in [0.3, 0.4) is 0 Å². The van der Waals surface area contributed by atoms with Crippen molar-refractivity contribution < 1.29 is 23.5 Å². The van der Waals surface area contributed by atoms with Gasteiger partial charge in [0, 0.05) is 19.5 Å². The molecule has 0 spiro atoms. The van der Waals surface area contributed by atoms with Crippen molar-refractivity contribution in [2.75, 3.05) is 19.8 Å². The molecule has 1 atom stereocenters. The second-order valence-electron chi connectivity index (χ2n) is 7.76. The maximum absolute atomic E-state index is 13.3. The van der Waals surface area contributed by atoms with Crippen molar-refractivity contribution in [2.24, 2.45) is 0 Å². The second-order valence-corrected chi connectivity index (χ2v) is 7.76. The van der Waals surface area contributed by atoms with Crippen molar-refractivity contribution in [3.8, 4) is 11.5 Å². The highest BCUT2D eigenvalue weighted by molar-refractivity contribution is 5.87. The van der Waals surface area contributed by atoms with E-state index in [0.29, 0.717) is 37.7 Å². The van der Waals surface area contributed by atoms with Gasteiger partial charge in [0.25, 0.3) is 0 Å². The van der Waals surface area contributed by atoms with Crippen LogP contribution in [0.1, 0.15) is 51.7 Å². The number of carbonyl (C=O) groups is 2. The molecule has 0 aliphatic carbocycles. The summed E-state index contributed by atoms with van der Waals surface area (Å²) in [5, 5.41) is 2.85. The lowest BCUT2D eigenvalue weighted by molar-refractivity contribution is -0.140. The maximum Gasteiger partial charge on any atom is 0.242 e. The molecule has 180 valence electrons. The van der Waals surface area contributed by atoms with E-state index >= 15 is 0 Å². The number of rotatable bonds is 13. The maximum atomic E-state index is 13.3. The zero-order valence-electron chi connectivity index (χ0n) is 20.0. The van der Waals surface area contributed by atoms with Gasteiger partial charge in [-0.1, -0.05) is 25.1 Å². The molecule has 2 aromatic carbocycles. The Morgan fingerprint density at radius 3 is 2.24 bits per heavy atom. The fourth-order valence-electron chi connectivity index (χ4n) is 3.41. The first-order chi connectivity index (χ1) is 15.9. The Labute approximate surface area is 196 Å². The third-order valence-corrected chi connectivity index (χ3v) is 5.22. The largest absolute Gasteiger partial charge is 0.490 e. The van der Waals surface area contributed by atoms with Gasteiger partial charge in [0.2, 0.25) is 11.8 Å². The predicted molar refractivity (Wildman–Crippen MR) is 127 cm³/mol. The van der Waals surface area contributed by atoms with Crippen molar-refractivity contribution in [2.45, 2.75) is 59.5 Å². The lowest BCUT2D eigenvalue weighted by Gasteiger charge is -2.29. The zero-order valence-corrected chi connectivity index (χ0v) is 20.0. The van der Waals surface area contributed by atoms with E-state index in [1.807, 2.05) is 39.0 Å². The van der Waals surface area contributed by atoms with E-state index in [1.165, 1.54) is 12.1 Å². The van der Waals surface area contributed by atoms with Crippen LogP contribution in [0.2, 0.25) is 0 Å². The molecule has 0 saturated heterocycles. The van der Waals surface area contributed by atoms with E-state index in [-0.39, 0.29) is 30.6 Å². The van der Waals surface area contributed by atoms with Crippen LogP contribution >= 0.6 is 0 Å². The van der Waals surface area contributed by atoms with Crippen molar-refractivity contribution in [3.05, 3.63) is 59.4 Å². The van der Waals surface area contributed by atoms with Crippen molar-refractivity contribution in [1.82, 2.24) is 10.2 Å². The molecule has 0 heterocycles. The number of carbonyl (C=O) groups excluding carboxylic acids is 2. The summed E-state index contributed by atoms with van der Waals surface area (Å²) in [6.07, 6.45) is 1.53. The van der Waals surface area contributed by atoms with Gasteiger partial charge in [-0.25, -0.2) is 4.39 Å². The molecule has 0 radical (unpaired) electrons. The molecule has 0 saturated carbocycles. The molecule has 0 fully saturated rings. The Hall–Kier alpha value is -3.09. The number of aryl methyl sites for hydroxylation is 1. The molecule has 0 aliphatic rings. The number of nitrogens with zero attached hydrogens (tertiary/aromatic N) is 1. The summed E-state index contributed by atoms with van der Waals surface area (Å²) in [6, 6.07) is 11.0. The van der Waals surface area contributed by atoms with E-state index < -0.39 is 6.04 Å². The van der Waals surface area contributed by atoms with Crippen molar-refractivity contribution >= 4 is 11.8 Å². The molecule has 7 heteroatoms. The molecule has 0 bridgehead atoms. The van der Waals surface area contributed by atoms with Crippen LogP contribution in [0.4, 0.5) is 4.39 Å². The van der Waals surface area contributed by atoms with Gasteiger partial charge in [-0.3, -0.25) is 9.59 Å². The minimum Gasteiger partial charge on any atom is -0.490 e. The van der Waals surface area contributed by atoms with Crippen LogP contribution < -0.4 is 14.8 Å². The zero-order chi connectivity index (χ0) is 24.2. The smallest absolute Gasteiger partial charge is 0.242 e. The Morgan fingerprint density at radius 2 is 1.61 bits per heavy atom. The summed E-state index contributed by atoms with van der Waals surface area (Å²) in [6.45, 7) is 9.34. The van der Waals surface area contributed by atoms with Gasteiger partial charge in [-0.2, -0.15) is 0 Å². The molecule has 2 amide bonds. The quantitative estimate of drug-likeness (QED) is 0.480. The standard InChI is InChI=1S/C26H35FN2O4/c1-5-16-28-26(31)19(4)29(18-21-8-12-22(27)13-9-21)25(30)15-11-20-10-14-23(32-6-2)24(17-20)33-7-3/h8-10,12-14,17,19H,5-7,11,15-16,18H2,1-4H3,(H,28,31). The minimum absolute atomic E-state index is 0.148. The van der Waals surface area contributed by atoms with Crippen LogP contribution in [0, 0.1) is 5.82 Å². The van der Waals surface area contributed by atoms with E-state index in [1.54, 1.807) is 24.0 Å². The fourth-order valence-corrected chi connectivity index (χ4v) is 3.41. The number of amides is 2. The average Bonchev–Trinajstić information content (AvgIpc) is 2.81. The van der Waals surface area contributed by atoms with Crippen LogP contribution in [0.25, 0.3) is 0 Å². The molecule has 6 nitrogen and oxygen atoms in total. The predicted octanol–water partition coefficient (Wildman–Crippen LogP) is 4.50. The van der Waals surface area contributed by atoms with Gasteiger partial charge in [-0.15, -0.1) is 0 Å². The average molecular weight is 459 g/mol. The van der Waals surface area contributed by atoms with Crippen LogP contribution in [-0.4, -0.2) is 42.5 Å². The summed E-state index contributed by atoms with van der Waals surface area (Å²) in [5.41, 5.74) is 1.71. The van der Waals surface area contributed by atoms with E-state index in [2.05, 4.69) is 5.32 Å². The minimum atomic E-state index is -0.645. The van der Waals surface area contributed by atoms with Crippen LogP contribution in [-0.2, 0) is 22.6 Å². The number of hydrogen-bond donors (Lipinski definition) is 1. The first-order valence-electron chi connectivity index (χ1n) is 11.6. The van der Waals surface area contributed by atoms with Crippen LogP contribution in [0.5, 0.6) is 11.5 Å². The number of halogens is 1. The van der Waals surface area contributed by atoms with Gasteiger partial charge < -0.3 is 19.7 Å². The third kappa shape index (κ3) is 8.08. The lowest BCUT2D eigenvalue weighted by Crippen LogP contribution is -2.47. The number of hydrogen-bond acceptors (Lipinski definition) is 4. The van der Waals surface area contributed by atoms with Gasteiger partial charge in [0.05, 0.1) is 13.2 Å². The Morgan fingerprint density at radius 1 is 0.970 bits per heavy atom. The molecule has 2 rings (SSSR count). The van der Waals surface area contributed by atoms with E-state index in [9.17, 15) is 14.0 Å². The molecular formula is C26H35FN2O4. The molecule has 0 aromatic heterocycles. The SMILES string of the molecule is CCCNC(=O)C(C)N(Cc1ccc(F)cc1)C(=O)CCc1ccc(OCC)c(OCC)c1. The van der Waals surface area contributed by atoms with E-state index in [0.717, 1.165) is 17.5 Å². The molecule has 1 N–H and O–H groups in total. The molecule has 0 aliphatic heterocycles. The Balaban J connectivity index is 2.15. The topological polar surface area (TPSA) is 67.9 Å². The summed E-state index contributed by atoms with van der Waals surface area (Å²) >= 11 is 0. The lowest BCUT2D eigenvalue weighted by atomic mass is 10.1. The summed E-state index contributed by atoms with van der Waals surface area (Å²) in [4.78, 5) is 27.3.